The first-order valence-electron chi connectivity index (χ1n) is 7.42. The summed E-state index contributed by atoms with van der Waals surface area (Å²) >= 11 is 0. The average Bonchev–Trinajstić information content (AvgIpc) is 2.83. The van der Waals surface area contributed by atoms with E-state index in [4.69, 9.17) is 4.42 Å². The van der Waals surface area contributed by atoms with Crippen LogP contribution in [-0.2, 0) is 0 Å². The Morgan fingerprint density at radius 1 is 1.00 bits per heavy atom. The molecule has 1 heterocycles. The summed E-state index contributed by atoms with van der Waals surface area (Å²) in [6.07, 6.45) is 3.56. The second kappa shape index (κ2) is 5.72. The van der Waals surface area contributed by atoms with Gasteiger partial charge in [-0.15, -0.1) is 0 Å². The van der Waals surface area contributed by atoms with Crippen molar-refractivity contribution in [2.45, 2.75) is 13.8 Å². The minimum absolute atomic E-state index is 0.00938. The molecule has 0 saturated carbocycles. The quantitative estimate of drug-likeness (QED) is 0.644. The van der Waals surface area contributed by atoms with Gasteiger partial charge in [-0.05, 0) is 30.2 Å². The van der Waals surface area contributed by atoms with Crippen molar-refractivity contribution in [3.63, 3.8) is 0 Å². The Bertz CT molecular complexity index is 865. The minimum Gasteiger partial charge on any atom is -0.507 e. The van der Waals surface area contributed by atoms with Crippen molar-refractivity contribution in [3.05, 3.63) is 48.0 Å². The molecule has 0 unspecified atom stereocenters. The zero-order valence-electron chi connectivity index (χ0n) is 12.9. The number of benzene rings is 2. The summed E-state index contributed by atoms with van der Waals surface area (Å²) in [6, 6.07) is 10.0. The third-order valence-electron chi connectivity index (χ3n) is 3.62. The molecule has 118 valence electrons. The Morgan fingerprint density at radius 3 is 2.26 bits per heavy atom. The van der Waals surface area contributed by atoms with Gasteiger partial charge in [-0.2, -0.15) is 0 Å². The highest BCUT2D eigenvalue weighted by atomic mass is 16.4. The zero-order chi connectivity index (χ0) is 16.6. The lowest BCUT2D eigenvalue weighted by molar-refractivity contribution is 0.447. The summed E-state index contributed by atoms with van der Waals surface area (Å²) in [6.45, 7) is 4.01. The van der Waals surface area contributed by atoms with Crippen molar-refractivity contribution >= 4 is 17.0 Å². The Kier molecular flexibility index (Phi) is 3.74. The standard InChI is InChI=1S/C19H18O4/c1-11(2)7-8-13-15(20)9-12(10-16(13)21)19-18(22)14-5-3-4-6-17(14)23-19/h3-11,20-22H,1-2H3. The van der Waals surface area contributed by atoms with Gasteiger partial charge in [0.2, 0.25) is 0 Å². The van der Waals surface area contributed by atoms with E-state index in [9.17, 15) is 15.3 Å². The monoisotopic (exact) mass is 310 g/mol. The van der Waals surface area contributed by atoms with Crippen LogP contribution in [-0.4, -0.2) is 15.3 Å². The van der Waals surface area contributed by atoms with Gasteiger partial charge in [0.1, 0.15) is 17.1 Å². The number of para-hydroxylation sites is 1. The van der Waals surface area contributed by atoms with Crippen LogP contribution in [0.25, 0.3) is 28.4 Å². The molecule has 3 N–H and O–H groups in total. The third-order valence-corrected chi connectivity index (χ3v) is 3.62. The molecule has 0 fully saturated rings. The lowest BCUT2D eigenvalue weighted by Gasteiger charge is -2.07. The average molecular weight is 310 g/mol. The molecule has 0 bridgehead atoms. The number of allylic oxidation sites excluding steroid dienone is 1. The van der Waals surface area contributed by atoms with E-state index >= 15 is 0 Å². The molecule has 0 spiro atoms. The molecule has 0 atom stereocenters. The number of hydrogen-bond donors (Lipinski definition) is 3. The number of fused-ring (bicyclic) bond motifs is 1. The number of rotatable bonds is 3. The van der Waals surface area contributed by atoms with E-state index in [0.717, 1.165) is 0 Å². The molecule has 4 nitrogen and oxygen atoms in total. The molecule has 2 aromatic carbocycles. The maximum atomic E-state index is 10.3. The SMILES string of the molecule is CC(C)C=Cc1c(O)cc(-c2oc3ccccc3c2O)cc1O. The van der Waals surface area contributed by atoms with E-state index in [0.29, 0.717) is 28.0 Å². The highest BCUT2D eigenvalue weighted by Crippen LogP contribution is 2.42. The summed E-state index contributed by atoms with van der Waals surface area (Å²) in [5.41, 5.74) is 1.30. The third kappa shape index (κ3) is 2.75. The fraction of sp³-hybridized carbons (Fsp3) is 0.158. The number of hydrogen-bond acceptors (Lipinski definition) is 4. The fourth-order valence-corrected chi connectivity index (χ4v) is 2.44. The number of phenols is 2. The summed E-state index contributed by atoms with van der Waals surface area (Å²) < 4.78 is 5.64. The van der Waals surface area contributed by atoms with Gasteiger partial charge in [-0.3, -0.25) is 0 Å². The van der Waals surface area contributed by atoms with E-state index < -0.39 is 0 Å². The molecule has 1 aromatic heterocycles. The molecule has 4 heteroatoms. The Hall–Kier alpha value is -2.88. The van der Waals surface area contributed by atoms with E-state index in [1.54, 1.807) is 24.3 Å². The van der Waals surface area contributed by atoms with Crippen LogP contribution in [0, 0.1) is 5.92 Å². The van der Waals surface area contributed by atoms with Crippen molar-refractivity contribution in [3.8, 4) is 28.6 Å². The molecule has 0 aliphatic carbocycles. The van der Waals surface area contributed by atoms with Crippen molar-refractivity contribution < 1.29 is 19.7 Å². The molecular weight excluding hydrogens is 292 g/mol. The number of phenolic OH excluding ortho intramolecular Hbond substituents is 2. The van der Waals surface area contributed by atoms with Crippen LogP contribution in [0.3, 0.4) is 0 Å². The molecule has 0 aliphatic heterocycles. The van der Waals surface area contributed by atoms with Gasteiger partial charge in [-0.1, -0.05) is 38.1 Å². The predicted octanol–water partition coefficient (Wildman–Crippen LogP) is 4.89. The Labute approximate surface area is 133 Å². The molecule has 0 saturated heterocycles. The maximum absolute atomic E-state index is 10.3. The van der Waals surface area contributed by atoms with Crippen LogP contribution >= 0.6 is 0 Å². The molecule has 3 aromatic rings. The van der Waals surface area contributed by atoms with Crippen LogP contribution in [0.1, 0.15) is 19.4 Å². The van der Waals surface area contributed by atoms with Gasteiger partial charge in [0.05, 0.1) is 10.9 Å². The first kappa shape index (κ1) is 15.0. The minimum atomic E-state index is -0.0724. The second-order valence-electron chi connectivity index (χ2n) is 5.81. The summed E-state index contributed by atoms with van der Waals surface area (Å²) in [4.78, 5) is 0. The zero-order valence-corrected chi connectivity index (χ0v) is 12.9. The normalized spacial score (nSPS) is 11.8. The largest absolute Gasteiger partial charge is 0.507 e. The topological polar surface area (TPSA) is 73.8 Å². The van der Waals surface area contributed by atoms with Crippen molar-refractivity contribution in [2.24, 2.45) is 5.92 Å². The van der Waals surface area contributed by atoms with Crippen molar-refractivity contribution in [1.29, 1.82) is 0 Å². The molecule has 0 amide bonds. The second-order valence-corrected chi connectivity index (χ2v) is 5.81. The van der Waals surface area contributed by atoms with E-state index in [-0.39, 0.29) is 23.0 Å². The maximum Gasteiger partial charge on any atom is 0.177 e. The lowest BCUT2D eigenvalue weighted by Crippen LogP contribution is -1.83. The first-order chi connectivity index (χ1) is 11.0. The summed E-state index contributed by atoms with van der Waals surface area (Å²) in [5, 5.41) is 31.2. The fourth-order valence-electron chi connectivity index (χ4n) is 2.44. The highest BCUT2D eigenvalue weighted by molar-refractivity contribution is 5.91. The van der Waals surface area contributed by atoms with Gasteiger partial charge in [0.25, 0.3) is 0 Å². The van der Waals surface area contributed by atoms with Gasteiger partial charge < -0.3 is 19.7 Å². The van der Waals surface area contributed by atoms with E-state index in [2.05, 4.69) is 0 Å². The number of furan rings is 1. The molecule has 0 radical (unpaired) electrons. The van der Waals surface area contributed by atoms with E-state index in [1.165, 1.54) is 12.1 Å². The van der Waals surface area contributed by atoms with Crippen LogP contribution < -0.4 is 0 Å². The van der Waals surface area contributed by atoms with E-state index in [1.807, 2.05) is 26.0 Å². The Morgan fingerprint density at radius 2 is 1.65 bits per heavy atom. The molecular formula is C19H18O4. The van der Waals surface area contributed by atoms with Gasteiger partial charge in [0.15, 0.2) is 11.5 Å². The van der Waals surface area contributed by atoms with Gasteiger partial charge in [-0.25, -0.2) is 0 Å². The van der Waals surface area contributed by atoms with Crippen molar-refractivity contribution in [1.82, 2.24) is 0 Å². The predicted molar refractivity (Wildman–Crippen MR) is 90.5 cm³/mol. The summed E-state index contributed by atoms with van der Waals surface area (Å²) in [7, 11) is 0. The highest BCUT2D eigenvalue weighted by Gasteiger charge is 2.17. The molecule has 3 rings (SSSR count). The van der Waals surface area contributed by atoms with Crippen LogP contribution in [0.15, 0.2) is 46.9 Å². The van der Waals surface area contributed by atoms with Gasteiger partial charge in [0, 0.05) is 5.56 Å². The Balaban J connectivity index is 2.11. The van der Waals surface area contributed by atoms with Crippen molar-refractivity contribution in [2.75, 3.05) is 0 Å². The molecule has 0 aliphatic rings. The smallest absolute Gasteiger partial charge is 0.177 e. The van der Waals surface area contributed by atoms with Crippen LogP contribution in [0.5, 0.6) is 17.2 Å². The molecule has 23 heavy (non-hydrogen) atoms. The number of aromatic hydroxyl groups is 3. The van der Waals surface area contributed by atoms with Gasteiger partial charge >= 0.3 is 0 Å². The first-order valence-corrected chi connectivity index (χ1v) is 7.42. The lowest BCUT2D eigenvalue weighted by atomic mass is 10.0. The van der Waals surface area contributed by atoms with Crippen LogP contribution in [0.2, 0.25) is 0 Å². The van der Waals surface area contributed by atoms with Crippen LogP contribution in [0.4, 0.5) is 0 Å². The summed E-state index contributed by atoms with van der Waals surface area (Å²) in [5.74, 6) is 0.363.